The summed E-state index contributed by atoms with van der Waals surface area (Å²) >= 11 is 1.46. The maximum Gasteiger partial charge on any atom is 0.263 e. The van der Waals surface area contributed by atoms with Gasteiger partial charge in [0.05, 0.1) is 25.0 Å². The molecule has 0 spiro atoms. The van der Waals surface area contributed by atoms with Crippen molar-refractivity contribution in [2.75, 3.05) is 7.11 Å². The minimum absolute atomic E-state index is 0.210. The smallest absolute Gasteiger partial charge is 0.263 e. The van der Waals surface area contributed by atoms with Crippen LogP contribution >= 0.6 is 11.3 Å². The fourth-order valence-corrected chi connectivity index (χ4v) is 5.19. The van der Waals surface area contributed by atoms with Gasteiger partial charge in [-0.3, -0.25) is 14.2 Å². The van der Waals surface area contributed by atoms with Crippen molar-refractivity contribution < 1.29 is 14.3 Å². The van der Waals surface area contributed by atoms with Crippen LogP contribution in [0.2, 0.25) is 0 Å². The number of nitrogens with one attached hydrogen (secondary N) is 1. The zero-order valence-electron chi connectivity index (χ0n) is 21.5. The lowest BCUT2D eigenvalue weighted by Crippen LogP contribution is -2.30. The van der Waals surface area contributed by atoms with E-state index < -0.39 is 5.91 Å². The standard InChI is InChI=1S/C30H26N4O4S/c1-20-27(23-11-7-4-8-12-23)28-29(39-20)31-19-34(30(28)36)17-26(35)33-32-16-22-13-14-24(25(15-22)37-2)38-18-21-9-5-3-6-10-21/h3-16,19H,17-18H2,1-2H3,(H,33,35)/b32-16-. The molecule has 9 heteroatoms. The molecule has 0 atom stereocenters. The van der Waals surface area contributed by atoms with E-state index in [1.54, 1.807) is 19.2 Å². The number of benzene rings is 3. The summed E-state index contributed by atoms with van der Waals surface area (Å²) in [4.78, 5) is 32.0. The summed E-state index contributed by atoms with van der Waals surface area (Å²) in [5.41, 5.74) is 5.77. The summed E-state index contributed by atoms with van der Waals surface area (Å²) in [5.74, 6) is 0.702. The van der Waals surface area contributed by atoms with Crippen LogP contribution in [0.15, 0.2) is 95.1 Å². The van der Waals surface area contributed by atoms with Crippen molar-refractivity contribution in [1.29, 1.82) is 0 Å². The van der Waals surface area contributed by atoms with Gasteiger partial charge in [0.2, 0.25) is 0 Å². The number of hydrogen-bond donors (Lipinski definition) is 1. The molecule has 39 heavy (non-hydrogen) atoms. The van der Waals surface area contributed by atoms with E-state index in [2.05, 4.69) is 15.5 Å². The van der Waals surface area contributed by atoms with Gasteiger partial charge in [-0.25, -0.2) is 10.4 Å². The first-order chi connectivity index (χ1) is 19.0. The summed E-state index contributed by atoms with van der Waals surface area (Å²) in [6.07, 6.45) is 2.90. The maximum absolute atomic E-state index is 13.3. The first-order valence-electron chi connectivity index (χ1n) is 12.2. The van der Waals surface area contributed by atoms with Gasteiger partial charge in [0.15, 0.2) is 11.5 Å². The fraction of sp³-hybridized carbons (Fsp3) is 0.133. The van der Waals surface area contributed by atoms with E-state index in [1.807, 2.05) is 73.7 Å². The van der Waals surface area contributed by atoms with Crippen LogP contribution in [0, 0.1) is 6.92 Å². The number of hydrazone groups is 1. The van der Waals surface area contributed by atoms with Crippen LogP contribution < -0.4 is 20.5 Å². The van der Waals surface area contributed by atoms with E-state index in [9.17, 15) is 9.59 Å². The molecular formula is C30H26N4O4S. The molecule has 0 radical (unpaired) electrons. The number of carbonyl (C=O) groups is 1. The number of aryl methyl sites for hydroxylation is 1. The van der Waals surface area contributed by atoms with Gasteiger partial charge in [-0.2, -0.15) is 5.10 Å². The molecule has 5 rings (SSSR count). The predicted molar refractivity (Wildman–Crippen MR) is 154 cm³/mol. The molecule has 0 fully saturated rings. The van der Waals surface area contributed by atoms with Crippen molar-refractivity contribution >= 4 is 33.7 Å². The number of rotatable bonds is 9. The minimum Gasteiger partial charge on any atom is -0.493 e. The highest BCUT2D eigenvalue weighted by Gasteiger charge is 2.17. The molecule has 0 aliphatic rings. The quantitative estimate of drug-likeness (QED) is 0.206. The van der Waals surface area contributed by atoms with Crippen LogP contribution in [0.4, 0.5) is 0 Å². The number of hydrogen-bond acceptors (Lipinski definition) is 7. The molecule has 0 aliphatic carbocycles. The van der Waals surface area contributed by atoms with Gasteiger partial charge in [-0.15, -0.1) is 11.3 Å². The number of thiophene rings is 1. The summed E-state index contributed by atoms with van der Waals surface area (Å²) < 4.78 is 12.6. The molecule has 3 aromatic carbocycles. The number of nitrogens with zero attached hydrogens (tertiary/aromatic N) is 3. The largest absolute Gasteiger partial charge is 0.493 e. The lowest BCUT2D eigenvalue weighted by molar-refractivity contribution is -0.121. The number of methoxy groups -OCH3 is 1. The number of carbonyl (C=O) groups excluding carboxylic acids is 1. The Kier molecular flexibility index (Phi) is 7.79. The summed E-state index contributed by atoms with van der Waals surface area (Å²) in [7, 11) is 1.56. The Morgan fingerprint density at radius 1 is 1.05 bits per heavy atom. The molecule has 0 unspecified atom stereocenters. The van der Waals surface area contributed by atoms with Gasteiger partial charge in [-0.05, 0) is 41.8 Å². The van der Waals surface area contributed by atoms with Crippen LogP contribution in [-0.2, 0) is 17.9 Å². The Bertz CT molecular complexity index is 1700. The van der Waals surface area contributed by atoms with Gasteiger partial charge in [0.1, 0.15) is 18.0 Å². The number of fused-ring (bicyclic) bond motifs is 1. The summed E-state index contributed by atoms with van der Waals surface area (Å²) in [5, 5.41) is 4.56. The molecule has 0 saturated heterocycles. The van der Waals surface area contributed by atoms with Gasteiger partial charge in [0, 0.05) is 10.4 Å². The Morgan fingerprint density at radius 2 is 1.79 bits per heavy atom. The van der Waals surface area contributed by atoms with E-state index >= 15 is 0 Å². The summed E-state index contributed by atoms with van der Waals surface area (Å²) in [6.45, 7) is 2.17. The van der Waals surface area contributed by atoms with Crippen LogP contribution in [0.5, 0.6) is 11.5 Å². The van der Waals surface area contributed by atoms with Gasteiger partial charge in [0.25, 0.3) is 11.5 Å². The number of amides is 1. The van der Waals surface area contributed by atoms with Crippen molar-refractivity contribution in [3.05, 3.63) is 112 Å². The average molecular weight is 539 g/mol. The third kappa shape index (κ3) is 5.89. The monoisotopic (exact) mass is 538 g/mol. The van der Waals surface area contributed by atoms with Crippen LogP contribution in [0.1, 0.15) is 16.0 Å². The van der Waals surface area contributed by atoms with Crippen molar-refractivity contribution in [2.45, 2.75) is 20.1 Å². The highest BCUT2D eigenvalue weighted by atomic mass is 32.1. The molecule has 0 bridgehead atoms. The van der Waals surface area contributed by atoms with Crippen molar-refractivity contribution in [3.8, 4) is 22.6 Å². The van der Waals surface area contributed by atoms with Crippen LogP contribution in [-0.4, -0.2) is 28.8 Å². The van der Waals surface area contributed by atoms with E-state index in [4.69, 9.17) is 9.47 Å². The Labute approximate surface area is 229 Å². The first-order valence-corrected chi connectivity index (χ1v) is 13.1. The van der Waals surface area contributed by atoms with Crippen LogP contribution in [0.3, 0.4) is 0 Å². The molecule has 8 nitrogen and oxygen atoms in total. The topological polar surface area (TPSA) is 94.8 Å². The predicted octanol–water partition coefficient (Wildman–Crippen LogP) is 5.17. The van der Waals surface area contributed by atoms with E-state index in [1.165, 1.54) is 28.4 Å². The molecule has 1 amide bonds. The zero-order chi connectivity index (χ0) is 27.2. The van der Waals surface area contributed by atoms with Gasteiger partial charge in [-0.1, -0.05) is 60.7 Å². The maximum atomic E-state index is 13.3. The molecule has 0 aliphatic heterocycles. The lowest BCUT2D eigenvalue weighted by Gasteiger charge is -2.11. The Hall–Kier alpha value is -4.76. The van der Waals surface area contributed by atoms with Crippen molar-refractivity contribution in [3.63, 3.8) is 0 Å². The van der Waals surface area contributed by atoms with E-state index in [-0.39, 0.29) is 12.1 Å². The third-order valence-corrected chi connectivity index (χ3v) is 7.07. The molecule has 2 heterocycles. The first kappa shape index (κ1) is 25.9. The minimum atomic E-state index is -0.447. The van der Waals surface area contributed by atoms with Gasteiger partial charge >= 0.3 is 0 Å². The second kappa shape index (κ2) is 11.7. The van der Waals surface area contributed by atoms with Gasteiger partial charge < -0.3 is 9.47 Å². The summed E-state index contributed by atoms with van der Waals surface area (Å²) in [6, 6.07) is 24.9. The molecule has 196 valence electrons. The SMILES string of the molecule is COc1cc(/C=N\NC(=O)Cn2cnc3sc(C)c(-c4ccccc4)c3c2=O)ccc1OCc1ccccc1. The highest BCUT2D eigenvalue weighted by molar-refractivity contribution is 7.19. The number of aromatic nitrogens is 2. The average Bonchev–Trinajstić information content (AvgIpc) is 3.31. The fourth-order valence-electron chi connectivity index (χ4n) is 4.19. The molecule has 5 aromatic rings. The molecule has 0 saturated carbocycles. The Morgan fingerprint density at radius 3 is 2.54 bits per heavy atom. The van der Waals surface area contributed by atoms with Crippen molar-refractivity contribution in [2.24, 2.45) is 5.10 Å². The third-order valence-electron chi connectivity index (χ3n) is 6.06. The number of ether oxygens (including phenoxy) is 2. The lowest BCUT2D eigenvalue weighted by atomic mass is 10.0. The molecular weight excluding hydrogens is 512 g/mol. The second-order valence-corrected chi connectivity index (χ2v) is 9.94. The molecule has 1 N–H and O–H groups in total. The van der Waals surface area contributed by atoms with E-state index in [0.717, 1.165) is 21.6 Å². The zero-order valence-corrected chi connectivity index (χ0v) is 22.3. The Balaban J connectivity index is 1.26. The highest BCUT2D eigenvalue weighted by Crippen LogP contribution is 2.35. The molecule has 2 aromatic heterocycles. The normalized spacial score (nSPS) is 11.1. The van der Waals surface area contributed by atoms with E-state index in [0.29, 0.717) is 33.9 Å². The van der Waals surface area contributed by atoms with Crippen molar-refractivity contribution in [1.82, 2.24) is 15.0 Å². The second-order valence-electron chi connectivity index (χ2n) is 8.73. The van der Waals surface area contributed by atoms with Crippen LogP contribution in [0.25, 0.3) is 21.3 Å².